The number of aromatic nitrogens is 2. The SMILES string of the molecule is CCn1ncc(Cl)c1C(NN)C(C)C1CC1. The monoisotopic (exact) mass is 242 g/mol. The minimum absolute atomic E-state index is 0.0995. The van der Waals surface area contributed by atoms with Crippen LogP contribution in [0.15, 0.2) is 6.20 Å². The maximum Gasteiger partial charge on any atom is 0.0834 e. The van der Waals surface area contributed by atoms with Crippen LogP contribution in [0.1, 0.15) is 38.4 Å². The Labute approximate surface area is 101 Å². The molecule has 16 heavy (non-hydrogen) atoms. The molecule has 4 nitrogen and oxygen atoms in total. The molecule has 0 radical (unpaired) electrons. The van der Waals surface area contributed by atoms with Gasteiger partial charge in [-0.3, -0.25) is 16.0 Å². The molecule has 5 heteroatoms. The lowest BCUT2D eigenvalue weighted by molar-refractivity contribution is 0.334. The van der Waals surface area contributed by atoms with E-state index in [-0.39, 0.29) is 6.04 Å². The summed E-state index contributed by atoms with van der Waals surface area (Å²) in [4.78, 5) is 0. The van der Waals surface area contributed by atoms with E-state index in [2.05, 4.69) is 24.4 Å². The van der Waals surface area contributed by atoms with E-state index >= 15 is 0 Å². The number of hydrazine groups is 1. The van der Waals surface area contributed by atoms with Crippen LogP contribution in [0.5, 0.6) is 0 Å². The number of nitrogens with one attached hydrogen (secondary N) is 1. The molecule has 2 atom stereocenters. The van der Waals surface area contributed by atoms with Crippen LogP contribution in [0.25, 0.3) is 0 Å². The minimum atomic E-state index is 0.0995. The molecule has 1 saturated carbocycles. The maximum absolute atomic E-state index is 6.19. The summed E-state index contributed by atoms with van der Waals surface area (Å²) >= 11 is 6.19. The number of aryl methyl sites for hydroxylation is 1. The average molecular weight is 243 g/mol. The zero-order chi connectivity index (χ0) is 11.7. The number of hydrogen-bond donors (Lipinski definition) is 2. The van der Waals surface area contributed by atoms with Crippen LogP contribution in [0.3, 0.4) is 0 Å². The predicted molar refractivity (Wildman–Crippen MR) is 64.9 cm³/mol. The second-order valence-corrected chi connectivity index (χ2v) is 4.94. The number of halogens is 1. The van der Waals surface area contributed by atoms with Gasteiger partial charge in [0.1, 0.15) is 0 Å². The van der Waals surface area contributed by atoms with Crippen molar-refractivity contribution >= 4 is 11.6 Å². The van der Waals surface area contributed by atoms with Crippen molar-refractivity contribution in [2.45, 2.75) is 39.3 Å². The molecule has 1 aliphatic rings. The summed E-state index contributed by atoms with van der Waals surface area (Å²) in [6.07, 6.45) is 4.30. The van der Waals surface area contributed by atoms with Gasteiger partial charge in [-0.25, -0.2) is 0 Å². The molecule has 0 bridgehead atoms. The molecule has 1 aliphatic carbocycles. The molecule has 90 valence electrons. The summed E-state index contributed by atoms with van der Waals surface area (Å²) in [5.74, 6) is 6.95. The third kappa shape index (κ3) is 2.10. The lowest BCUT2D eigenvalue weighted by Crippen LogP contribution is -2.35. The fourth-order valence-corrected chi connectivity index (χ4v) is 2.57. The van der Waals surface area contributed by atoms with E-state index in [9.17, 15) is 0 Å². The second kappa shape index (κ2) is 4.73. The normalized spacial score (nSPS) is 19.8. The van der Waals surface area contributed by atoms with Crippen LogP contribution in [-0.4, -0.2) is 9.78 Å². The van der Waals surface area contributed by atoms with E-state index in [1.807, 2.05) is 4.68 Å². The molecular weight excluding hydrogens is 224 g/mol. The van der Waals surface area contributed by atoms with Gasteiger partial charge in [0.2, 0.25) is 0 Å². The van der Waals surface area contributed by atoms with Crippen molar-refractivity contribution in [1.82, 2.24) is 15.2 Å². The highest BCUT2D eigenvalue weighted by atomic mass is 35.5. The van der Waals surface area contributed by atoms with Gasteiger partial charge in [0.25, 0.3) is 0 Å². The summed E-state index contributed by atoms with van der Waals surface area (Å²) in [6.45, 7) is 5.10. The molecule has 2 unspecified atom stereocenters. The van der Waals surface area contributed by atoms with Gasteiger partial charge in [0, 0.05) is 6.54 Å². The van der Waals surface area contributed by atoms with Crippen LogP contribution in [0.4, 0.5) is 0 Å². The van der Waals surface area contributed by atoms with Crippen molar-refractivity contribution in [3.05, 3.63) is 16.9 Å². The lowest BCUT2D eigenvalue weighted by Gasteiger charge is -2.24. The Bertz CT molecular complexity index is 359. The molecule has 0 spiro atoms. The Morgan fingerprint density at radius 3 is 2.88 bits per heavy atom. The van der Waals surface area contributed by atoms with E-state index in [1.165, 1.54) is 12.8 Å². The standard InChI is InChI=1S/C11H19ClN4/c1-3-16-11(9(12)6-14-16)10(15-13)7(2)8-4-5-8/h6-8,10,15H,3-5,13H2,1-2H3. The Morgan fingerprint density at radius 2 is 2.38 bits per heavy atom. The van der Waals surface area contributed by atoms with Gasteiger partial charge in [0.05, 0.1) is 23.0 Å². The van der Waals surface area contributed by atoms with Crippen molar-refractivity contribution in [2.75, 3.05) is 0 Å². The summed E-state index contributed by atoms with van der Waals surface area (Å²) in [5, 5.41) is 4.96. The average Bonchev–Trinajstić information content (AvgIpc) is 3.06. The lowest BCUT2D eigenvalue weighted by atomic mass is 9.94. The largest absolute Gasteiger partial charge is 0.271 e. The van der Waals surface area contributed by atoms with Crippen molar-refractivity contribution < 1.29 is 0 Å². The van der Waals surface area contributed by atoms with Gasteiger partial charge < -0.3 is 0 Å². The molecule has 0 saturated heterocycles. The van der Waals surface area contributed by atoms with Gasteiger partial charge in [-0.2, -0.15) is 5.10 Å². The van der Waals surface area contributed by atoms with Crippen LogP contribution in [0.2, 0.25) is 5.02 Å². The maximum atomic E-state index is 6.19. The van der Waals surface area contributed by atoms with E-state index in [0.717, 1.165) is 18.2 Å². The van der Waals surface area contributed by atoms with Crippen molar-refractivity contribution in [1.29, 1.82) is 0 Å². The molecule has 1 fully saturated rings. The first-order chi connectivity index (χ1) is 7.69. The molecule has 1 aromatic heterocycles. The Morgan fingerprint density at radius 1 is 1.69 bits per heavy atom. The third-order valence-corrected chi connectivity index (χ3v) is 3.79. The molecular formula is C11H19ClN4. The summed E-state index contributed by atoms with van der Waals surface area (Å²) in [6, 6.07) is 0.0995. The topological polar surface area (TPSA) is 55.9 Å². The number of nitrogens with zero attached hydrogens (tertiary/aromatic N) is 2. The van der Waals surface area contributed by atoms with E-state index in [0.29, 0.717) is 10.9 Å². The van der Waals surface area contributed by atoms with Gasteiger partial charge in [0.15, 0.2) is 0 Å². The van der Waals surface area contributed by atoms with E-state index in [4.69, 9.17) is 17.4 Å². The molecule has 1 heterocycles. The molecule has 0 amide bonds. The fraction of sp³-hybridized carbons (Fsp3) is 0.727. The summed E-state index contributed by atoms with van der Waals surface area (Å²) in [5.41, 5.74) is 3.92. The molecule has 0 aliphatic heterocycles. The fourth-order valence-electron chi connectivity index (χ4n) is 2.31. The first kappa shape index (κ1) is 11.9. The van der Waals surface area contributed by atoms with E-state index in [1.54, 1.807) is 6.20 Å². The van der Waals surface area contributed by atoms with Crippen LogP contribution in [-0.2, 0) is 6.54 Å². The number of rotatable bonds is 5. The van der Waals surface area contributed by atoms with Gasteiger partial charge in [-0.1, -0.05) is 18.5 Å². The van der Waals surface area contributed by atoms with Crippen LogP contribution in [0, 0.1) is 11.8 Å². The van der Waals surface area contributed by atoms with Crippen molar-refractivity contribution in [2.24, 2.45) is 17.7 Å². The van der Waals surface area contributed by atoms with Gasteiger partial charge >= 0.3 is 0 Å². The predicted octanol–water partition coefficient (Wildman–Crippen LogP) is 2.11. The highest BCUT2D eigenvalue weighted by molar-refractivity contribution is 6.31. The van der Waals surface area contributed by atoms with Crippen molar-refractivity contribution in [3.8, 4) is 0 Å². The smallest absolute Gasteiger partial charge is 0.0834 e. The van der Waals surface area contributed by atoms with Crippen molar-refractivity contribution in [3.63, 3.8) is 0 Å². The Balaban J connectivity index is 2.27. The molecule has 2 rings (SSSR count). The Hall–Kier alpha value is -0.580. The van der Waals surface area contributed by atoms with Gasteiger partial charge in [-0.05, 0) is 31.6 Å². The third-order valence-electron chi connectivity index (χ3n) is 3.50. The number of hydrogen-bond acceptors (Lipinski definition) is 3. The number of nitrogens with two attached hydrogens (primary N) is 1. The van der Waals surface area contributed by atoms with E-state index < -0.39 is 0 Å². The molecule has 3 N–H and O–H groups in total. The highest BCUT2D eigenvalue weighted by Crippen LogP contribution is 2.43. The summed E-state index contributed by atoms with van der Waals surface area (Å²) in [7, 11) is 0. The van der Waals surface area contributed by atoms with Crippen LogP contribution < -0.4 is 11.3 Å². The Kier molecular flexibility index (Phi) is 3.52. The zero-order valence-electron chi connectivity index (χ0n) is 9.78. The highest BCUT2D eigenvalue weighted by Gasteiger charge is 2.35. The molecule has 0 aromatic carbocycles. The zero-order valence-corrected chi connectivity index (χ0v) is 10.5. The first-order valence-corrected chi connectivity index (χ1v) is 6.24. The first-order valence-electron chi connectivity index (χ1n) is 5.86. The van der Waals surface area contributed by atoms with Gasteiger partial charge in [-0.15, -0.1) is 0 Å². The summed E-state index contributed by atoms with van der Waals surface area (Å²) < 4.78 is 1.92. The minimum Gasteiger partial charge on any atom is -0.271 e. The van der Waals surface area contributed by atoms with Crippen LogP contribution >= 0.6 is 11.6 Å². The molecule has 1 aromatic rings. The second-order valence-electron chi connectivity index (χ2n) is 4.53. The quantitative estimate of drug-likeness (QED) is 0.614.